The van der Waals surface area contributed by atoms with Crippen molar-refractivity contribution in [3.63, 3.8) is 0 Å². The molecule has 1 aliphatic heterocycles. The van der Waals surface area contributed by atoms with Crippen molar-refractivity contribution in [2.45, 2.75) is 63.7 Å². The van der Waals surface area contributed by atoms with E-state index in [-0.39, 0.29) is 13.1 Å². The number of fused-ring (bicyclic) bond motifs is 1. The first-order valence-electron chi connectivity index (χ1n) is 9.18. The van der Waals surface area contributed by atoms with Gasteiger partial charge < -0.3 is 26.6 Å². The van der Waals surface area contributed by atoms with E-state index in [1.54, 1.807) is 0 Å². The van der Waals surface area contributed by atoms with Gasteiger partial charge in [0.2, 0.25) is 0 Å². The molecular weight excluding hydrogens is 388 g/mol. The molecule has 1 saturated carbocycles. The fraction of sp³-hybridized carbons (Fsp3) is 1.00. The van der Waals surface area contributed by atoms with Crippen molar-refractivity contribution in [1.82, 2.24) is 26.6 Å². The monoisotopic (exact) mass is 422 g/mol. The van der Waals surface area contributed by atoms with Gasteiger partial charge in [-0.2, -0.15) is 0 Å². The quantitative estimate of drug-likeness (QED) is 0.382. The molecule has 0 bridgehead atoms. The Bertz CT molecular complexity index is 276. The summed E-state index contributed by atoms with van der Waals surface area (Å²) in [5.74, 6) is 0. The predicted molar refractivity (Wildman–Crippen MR) is 102 cm³/mol. The standard InChI is InChI=1S/C16H35N5.2ClH.Mn/c1-13-11-20-15-5-3-4-6-16(15)21-12-14(2)19-10-8-17-7-9-18-13;;;/h13-21H,3-12H2,1-2H3;2*1H;/q;;;+2/p-2/t13-,14+,15?,16?;;;. The molecule has 1 aliphatic carbocycles. The maximum atomic E-state index is 4.80. The van der Waals surface area contributed by atoms with Gasteiger partial charge >= 0.3 is 33.3 Å². The van der Waals surface area contributed by atoms with Gasteiger partial charge in [0.05, 0.1) is 0 Å². The van der Waals surface area contributed by atoms with Gasteiger partial charge in [0.25, 0.3) is 0 Å². The second kappa shape index (κ2) is 15.0. The molecule has 0 aromatic heterocycles. The Kier molecular flexibility index (Phi) is 14.3. The van der Waals surface area contributed by atoms with Crippen LogP contribution in [0, 0.1) is 0 Å². The third-order valence-corrected chi connectivity index (χ3v) is 4.73. The van der Waals surface area contributed by atoms with Crippen molar-refractivity contribution in [1.29, 1.82) is 0 Å². The second-order valence-corrected chi connectivity index (χ2v) is 8.78. The SMILES string of the molecule is C[C@@H]1CNC2CCCCC2NC[C@H](C)NCCNCCN1.[Cl][Mn][Cl]. The first kappa shape index (κ1) is 22.9. The number of hydrogen-bond acceptors (Lipinski definition) is 5. The summed E-state index contributed by atoms with van der Waals surface area (Å²) >= 11 is 0.00694. The van der Waals surface area contributed by atoms with Gasteiger partial charge in [-0.1, -0.05) is 12.8 Å². The van der Waals surface area contributed by atoms with Crippen molar-refractivity contribution in [3.05, 3.63) is 0 Å². The Morgan fingerprint density at radius 2 is 1.12 bits per heavy atom. The van der Waals surface area contributed by atoms with E-state index in [9.17, 15) is 0 Å². The summed E-state index contributed by atoms with van der Waals surface area (Å²) in [7, 11) is 9.59. The van der Waals surface area contributed by atoms with Crippen LogP contribution in [0.25, 0.3) is 0 Å². The van der Waals surface area contributed by atoms with E-state index < -0.39 is 0 Å². The molecule has 1 saturated heterocycles. The fourth-order valence-electron chi connectivity index (χ4n) is 3.36. The van der Waals surface area contributed by atoms with Crippen LogP contribution in [0.15, 0.2) is 0 Å². The molecule has 8 heteroatoms. The van der Waals surface area contributed by atoms with Crippen molar-refractivity contribution in [2.75, 3.05) is 39.3 Å². The molecule has 2 unspecified atom stereocenters. The van der Waals surface area contributed by atoms with Crippen LogP contribution in [0.3, 0.4) is 0 Å². The van der Waals surface area contributed by atoms with Crippen LogP contribution >= 0.6 is 20.2 Å². The van der Waals surface area contributed by atoms with E-state index in [4.69, 9.17) is 20.2 Å². The topological polar surface area (TPSA) is 60.1 Å². The number of halogens is 2. The van der Waals surface area contributed by atoms with Crippen molar-refractivity contribution in [3.8, 4) is 0 Å². The maximum absolute atomic E-state index is 4.80. The predicted octanol–water partition coefficient (Wildman–Crippen LogP) is 1.41. The van der Waals surface area contributed by atoms with Crippen LogP contribution in [0.2, 0.25) is 0 Å². The van der Waals surface area contributed by atoms with E-state index in [0.29, 0.717) is 24.2 Å². The molecule has 0 aromatic rings. The average Bonchev–Trinajstić information content (AvgIpc) is 2.58. The van der Waals surface area contributed by atoms with E-state index >= 15 is 0 Å². The van der Waals surface area contributed by atoms with Crippen LogP contribution in [0.1, 0.15) is 39.5 Å². The molecule has 2 fully saturated rings. The molecule has 4 atom stereocenters. The summed E-state index contributed by atoms with van der Waals surface area (Å²) in [6, 6.07) is 2.35. The van der Waals surface area contributed by atoms with E-state index in [1.807, 2.05) is 0 Å². The molecule has 0 amide bonds. The normalized spacial score (nSPS) is 34.0. The van der Waals surface area contributed by atoms with Gasteiger partial charge in [-0.15, -0.1) is 0 Å². The molecule has 0 radical (unpaired) electrons. The van der Waals surface area contributed by atoms with Gasteiger partial charge in [-0.3, -0.25) is 0 Å². The van der Waals surface area contributed by atoms with Crippen molar-refractivity contribution < 1.29 is 13.1 Å². The molecule has 1 heterocycles. The second-order valence-electron chi connectivity index (χ2n) is 6.83. The third-order valence-electron chi connectivity index (χ3n) is 4.73. The van der Waals surface area contributed by atoms with Crippen LogP contribution in [-0.2, 0) is 13.1 Å². The fourth-order valence-corrected chi connectivity index (χ4v) is 3.36. The molecule has 145 valence electrons. The first-order chi connectivity index (χ1) is 11.7. The van der Waals surface area contributed by atoms with Gasteiger partial charge in [-0.05, 0) is 26.7 Å². The first-order valence-corrected chi connectivity index (χ1v) is 12.4. The summed E-state index contributed by atoms with van der Waals surface area (Å²) in [6.07, 6.45) is 5.37. The molecule has 2 aliphatic rings. The Labute approximate surface area is 162 Å². The molecule has 0 aromatic carbocycles. The number of rotatable bonds is 0. The van der Waals surface area contributed by atoms with Crippen molar-refractivity contribution in [2.24, 2.45) is 0 Å². The Hall–Kier alpha value is 0.899. The zero-order chi connectivity index (χ0) is 17.6. The molecule has 0 spiro atoms. The van der Waals surface area contributed by atoms with Gasteiger partial charge in [0.15, 0.2) is 0 Å². The average molecular weight is 423 g/mol. The molecule has 2 rings (SSSR count). The molecular formula is C16H35Cl2MnN5. The Balaban J connectivity index is 0.000000891. The van der Waals surface area contributed by atoms with Crippen LogP contribution in [0.4, 0.5) is 0 Å². The van der Waals surface area contributed by atoms with Gasteiger partial charge in [0.1, 0.15) is 0 Å². The van der Waals surface area contributed by atoms with Crippen LogP contribution in [-0.4, -0.2) is 63.4 Å². The van der Waals surface area contributed by atoms with E-state index in [0.717, 1.165) is 39.3 Å². The van der Waals surface area contributed by atoms with Gasteiger partial charge in [0, 0.05) is 63.4 Å². The molecule has 5 nitrogen and oxygen atoms in total. The van der Waals surface area contributed by atoms with Crippen LogP contribution in [0.5, 0.6) is 0 Å². The van der Waals surface area contributed by atoms with E-state index in [2.05, 4.69) is 40.4 Å². The minimum absolute atomic E-state index is 0.00694. The van der Waals surface area contributed by atoms with Gasteiger partial charge in [-0.25, -0.2) is 0 Å². The third kappa shape index (κ3) is 10.8. The summed E-state index contributed by atoms with van der Waals surface area (Å²) in [5, 5.41) is 18.2. The molecule has 5 N–H and O–H groups in total. The summed E-state index contributed by atoms with van der Waals surface area (Å²) in [6.45, 7) is 10.9. The zero-order valence-corrected chi connectivity index (χ0v) is 17.7. The number of nitrogens with one attached hydrogen (secondary N) is 5. The van der Waals surface area contributed by atoms with Crippen molar-refractivity contribution >= 4 is 20.2 Å². The summed E-state index contributed by atoms with van der Waals surface area (Å²) in [4.78, 5) is 0. The summed E-state index contributed by atoms with van der Waals surface area (Å²) in [5.41, 5.74) is 0. The number of hydrogen-bond donors (Lipinski definition) is 5. The molecule has 24 heavy (non-hydrogen) atoms. The van der Waals surface area contributed by atoms with E-state index in [1.165, 1.54) is 25.7 Å². The Morgan fingerprint density at radius 1 is 0.708 bits per heavy atom. The minimum atomic E-state index is 0.00694. The summed E-state index contributed by atoms with van der Waals surface area (Å²) < 4.78 is 0. The van der Waals surface area contributed by atoms with Crippen LogP contribution < -0.4 is 26.6 Å². The Morgan fingerprint density at radius 3 is 1.54 bits per heavy atom. The zero-order valence-electron chi connectivity index (χ0n) is 15.0.